The van der Waals surface area contributed by atoms with Crippen LogP contribution in [0.2, 0.25) is 0 Å². The van der Waals surface area contributed by atoms with Crippen LogP contribution in [0.25, 0.3) is 16.9 Å². The molecular formula is C19H21N7O4S. The first-order valence-corrected chi connectivity index (χ1v) is 10.9. The fourth-order valence-electron chi connectivity index (χ4n) is 3.15. The SMILES string of the molecule is Cc1cc(C)n(-c2cc(NCCNS(=O)(=O)c3ccc4oc(=O)n(C)c4c3)ncn2)n1. The number of oxazole rings is 1. The molecule has 4 rings (SSSR count). The number of hydrogen-bond acceptors (Lipinski definition) is 8. The van der Waals surface area contributed by atoms with Gasteiger partial charge in [-0.1, -0.05) is 0 Å². The van der Waals surface area contributed by atoms with Gasteiger partial charge in [-0.3, -0.25) is 4.57 Å². The van der Waals surface area contributed by atoms with Gasteiger partial charge in [-0.05, 0) is 38.1 Å². The van der Waals surface area contributed by atoms with Crippen LogP contribution >= 0.6 is 0 Å². The van der Waals surface area contributed by atoms with Crippen molar-refractivity contribution in [3.63, 3.8) is 0 Å². The average Bonchev–Trinajstić information content (AvgIpc) is 3.23. The van der Waals surface area contributed by atoms with Crippen molar-refractivity contribution in [3.05, 3.63) is 58.6 Å². The quantitative estimate of drug-likeness (QED) is 0.405. The maximum absolute atomic E-state index is 12.6. The van der Waals surface area contributed by atoms with Crippen molar-refractivity contribution < 1.29 is 12.8 Å². The van der Waals surface area contributed by atoms with Crippen molar-refractivity contribution in [1.29, 1.82) is 0 Å². The molecule has 0 unspecified atom stereocenters. The van der Waals surface area contributed by atoms with Crippen molar-refractivity contribution in [1.82, 2.24) is 29.0 Å². The molecule has 0 aliphatic rings. The Hall–Kier alpha value is -3.51. The highest BCUT2D eigenvalue weighted by molar-refractivity contribution is 7.89. The fourth-order valence-corrected chi connectivity index (χ4v) is 4.20. The molecule has 0 radical (unpaired) electrons. The smallest absolute Gasteiger partial charge is 0.408 e. The minimum absolute atomic E-state index is 0.0465. The summed E-state index contributed by atoms with van der Waals surface area (Å²) in [6.45, 7) is 4.27. The molecule has 0 amide bonds. The zero-order chi connectivity index (χ0) is 22.2. The number of nitrogens with one attached hydrogen (secondary N) is 2. The summed E-state index contributed by atoms with van der Waals surface area (Å²) in [6, 6.07) is 7.95. The van der Waals surface area contributed by atoms with Crippen LogP contribution in [0.1, 0.15) is 11.4 Å². The Morgan fingerprint density at radius 3 is 2.65 bits per heavy atom. The van der Waals surface area contributed by atoms with Gasteiger partial charge in [0, 0.05) is 31.9 Å². The highest BCUT2D eigenvalue weighted by Gasteiger charge is 2.16. The van der Waals surface area contributed by atoms with Crippen molar-refractivity contribution in [2.75, 3.05) is 18.4 Å². The molecule has 11 nitrogen and oxygen atoms in total. The zero-order valence-electron chi connectivity index (χ0n) is 17.2. The Balaban J connectivity index is 1.40. The highest BCUT2D eigenvalue weighted by atomic mass is 32.2. The van der Waals surface area contributed by atoms with Crippen LogP contribution in [0.15, 0.2) is 50.8 Å². The molecule has 0 aliphatic carbocycles. The molecule has 0 saturated carbocycles. The lowest BCUT2D eigenvalue weighted by Crippen LogP contribution is -2.29. The maximum atomic E-state index is 12.6. The molecule has 162 valence electrons. The van der Waals surface area contributed by atoms with Crippen LogP contribution in [0, 0.1) is 13.8 Å². The Labute approximate surface area is 177 Å². The van der Waals surface area contributed by atoms with Gasteiger partial charge in [0.15, 0.2) is 11.4 Å². The van der Waals surface area contributed by atoms with Crippen molar-refractivity contribution in [2.24, 2.45) is 7.05 Å². The van der Waals surface area contributed by atoms with Gasteiger partial charge in [0.2, 0.25) is 10.0 Å². The summed E-state index contributed by atoms with van der Waals surface area (Å²) in [4.78, 5) is 20.0. The second-order valence-electron chi connectivity index (χ2n) is 6.98. The van der Waals surface area contributed by atoms with E-state index in [1.165, 1.54) is 36.1 Å². The van der Waals surface area contributed by atoms with Gasteiger partial charge in [-0.15, -0.1) is 0 Å². The summed E-state index contributed by atoms with van der Waals surface area (Å²) >= 11 is 0. The van der Waals surface area contributed by atoms with E-state index < -0.39 is 15.8 Å². The lowest BCUT2D eigenvalue weighted by molar-refractivity contribution is 0.528. The number of benzene rings is 1. The summed E-state index contributed by atoms with van der Waals surface area (Å²) in [5.74, 6) is 0.612. The third kappa shape index (κ3) is 4.20. The number of anilines is 1. The first-order chi connectivity index (χ1) is 14.7. The Morgan fingerprint density at radius 2 is 1.90 bits per heavy atom. The monoisotopic (exact) mass is 443 g/mol. The van der Waals surface area contributed by atoms with Crippen LogP contribution in [0.5, 0.6) is 0 Å². The van der Waals surface area contributed by atoms with Crippen LogP contribution in [-0.4, -0.2) is 45.8 Å². The molecule has 4 aromatic rings. The summed E-state index contributed by atoms with van der Waals surface area (Å²) in [6.07, 6.45) is 1.42. The number of hydrogen-bond donors (Lipinski definition) is 2. The summed E-state index contributed by atoms with van der Waals surface area (Å²) in [5.41, 5.74) is 2.56. The third-order valence-electron chi connectivity index (χ3n) is 4.68. The van der Waals surface area contributed by atoms with Crippen molar-refractivity contribution >= 4 is 26.9 Å². The zero-order valence-corrected chi connectivity index (χ0v) is 18.0. The Bertz CT molecular complexity index is 1420. The van der Waals surface area contributed by atoms with Gasteiger partial charge >= 0.3 is 5.76 Å². The summed E-state index contributed by atoms with van der Waals surface area (Å²) in [5, 5.41) is 7.46. The molecule has 0 spiro atoms. The van der Waals surface area contributed by atoms with E-state index in [1.54, 1.807) is 10.7 Å². The van der Waals surface area contributed by atoms with Crippen molar-refractivity contribution in [2.45, 2.75) is 18.7 Å². The molecule has 0 aliphatic heterocycles. The number of aryl methyl sites for hydroxylation is 3. The second kappa shape index (κ2) is 7.96. The average molecular weight is 443 g/mol. The molecule has 12 heteroatoms. The molecule has 1 aromatic carbocycles. The lowest BCUT2D eigenvalue weighted by atomic mass is 10.3. The third-order valence-corrected chi connectivity index (χ3v) is 6.13. The molecule has 0 atom stereocenters. The predicted molar refractivity (Wildman–Crippen MR) is 114 cm³/mol. The minimum atomic E-state index is -3.76. The minimum Gasteiger partial charge on any atom is -0.408 e. The number of aromatic nitrogens is 5. The molecular weight excluding hydrogens is 422 g/mol. The van der Waals surface area contributed by atoms with Gasteiger partial charge in [0.1, 0.15) is 12.1 Å². The standard InChI is InChI=1S/C19H21N7O4S/c1-12-8-13(2)26(24-12)18-10-17(21-11-22-18)20-6-7-23-31(28,29)14-4-5-16-15(9-14)25(3)19(27)30-16/h4-5,8-11,23H,6-7H2,1-3H3,(H,20,21,22). The number of nitrogens with zero attached hydrogens (tertiary/aromatic N) is 5. The van der Waals surface area contributed by atoms with Crippen LogP contribution in [0.4, 0.5) is 5.82 Å². The fraction of sp³-hybridized carbons (Fsp3) is 0.263. The van der Waals surface area contributed by atoms with Gasteiger partial charge in [-0.25, -0.2) is 32.6 Å². The van der Waals surface area contributed by atoms with Gasteiger partial charge in [0.25, 0.3) is 0 Å². The largest absolute Gasteiger partial charge is 0.419 e. The highest BCUT2D eigenvalue weighted by Crippen LogP contribution is 2.18. The molecule has 31 heavy (non-hydrogen) atoms. The van der Waals surface area contributed by atoms with Crippen LogP contribution in [-0.2, 0) is 17.1 Å². The van der Waals surface area contributed by atoms with E-state index in [9.17, 15) is 13.2 Å². The molecule has 2 N–H and O–H groups in total. The van der Waals surface area contributed by atoms with E-state index in [0.29, 0.717) is 29.3 Å². The molecule has 0 bridgehead atoms. The van der Waals surface area contributed by atoms with E-state index in [4.69, 9.17) is 4.42 Å². The van der Waals surface area contributed by atoms with Gasteiger partial charge in [-0.2, -0.15) is 5.10 Å². The Kier molecular flexibility index (Phi) is 5.33. The maximum Gasteiger partial charge on any atom is 0.419 e. The van der Waals surface area contributed by atoms with E-state index in [2.05, 4.69) is 25.1 Å². The van der Waals surface area contributed by atoms with E-state index >= 15 is 0 Å². The normalized spacial score (nSPS) is 11.8. The molecule has 3 heterocycles. The lowest BCUT2D eigenvalue weighted by Gasteiger charge is -2.09. The Morgan fingerprint density at radius 1 is 1.10 bits per heavy atom. The topological polar surface area (TPSA) is 137 Å². The van der Waals surface area contributed by atoms with Gasteiger partial charge in [0.05, 0.1) is 16.1 Å². The van der Waals surface area contributed by atoms with Crippen LogP contribution in [0.3, 0.4) is 0 Å². The van der Waals surface area contributed by atoms with E-state index in [1.807, 2.05) is 19.9 Å². The van der Waals surface area contributed by atoms with Crippen LogP contribution < -0.4 is 15.8 Å². The first-order valence-electron chi connectivity index (χ1n) is 9.43. The van der Waals surface area contributed by atoms with E-state index in [0.717, 1.165) is 11.4 Å². The number of fused-ring (bicyclic) bond motifs is 1. The van der Waals surface area contributed by atoms with Gasteiger partial charge < -0.3 is 9.73 Å². The first kappa shape index (κ1) is 20.8. The number of rotatable bonds is 7. The predicted octanol–water partition coefficient (Wildman–Crippen LogP) is 1.11. The summed E-state index contributed by atoms with van der Waals surface area (Å²) in [7, 11) is -2.24. The second-order valence-corrected chi connectivity index (χ2v) is 8.75. The molecule has 0 saturated heterocycles. The molecule has 0 fully saturated rings. The number of sulfonamides is 1. The summed E-state index contributed by atoms with van der Waals surface area (Å²) < 4.78 is 35.7. The van der Waals surface area contributed by atoms with E-state index in [-0.39, 0.29) is 11.4 Å². The van der Waals surface area contributed by atoms with Crippen molar-refractivity contribution in [3.8, 4) is 5.82 Å². The molecule has 3 aromatic heterocycles.